The summed E-state index contributed by atoms with van der Waals surface area (Å²) in [7, 11) is 0.627. The van der Waals surface area contributed by atoms with Crippen molar-refractivity contribution in [1.29, 1.82) is 0 Å². The Morgan fingerprint density at radius 3 is 2.74 bits per heavy atom. The zero-order valence-electron chi connectivity index (χ0n) is 11.3. The normalized spacial score (nSPS) is 20.5. The van der Waals surface area contributed by atoms with E-state index in [9.17, 15) is 8.42 Å². The SMILES string of the molecule is CN(C)c1cc(O[C@H]2CCN(S(C)(=O)=O)C2)ncn1. The lowest BCUT2D eigenvalue weighted by molar-refractivity contribution is 0.207. The standard InChI is InChI=1S/C11H18N4O3S/c1-14(2)10-6-11(13-8-12-10)18-9-4-5-15(7-9)19(3,16)17/h6,8-9H,4-5,7H2,1-3H3/t9-/m0/s1. The Morgan fingerprint density at radius 2 is 2.16 bits per heavy atom. The highest BCUT2D eigenvalue weighted by Gasteiger charge is 2.30. The van der Waals surface area contributed by atoms with E-state index in [0.717, 1.165) is 5.82 Å². The van der Waals surface area contributed by atoms with Crippen molar-refractivity contribution < 1.29 is 13.2 Å². The minimum atomic E-state index is -3.14. The minimum Gasteiger partial charge on any atom is -0.473 e. The molecule has 1 fully saturated rings. The number of ether oxygens (including phenoxy) is 1. The van der Waals surface area contributed by atoms with Crippen LogP contribution in [0, 0.1) is 0 Å². The van der Waals surface area contributed by atoms with Crippen LogP contribution < -0.4 is 9.64 Å². The molecule has 1 aliphatic heterocycles. The highest BCUT2D eigenvalue weighted by atomic mass is 32.2. The molecular weight excluding hydrogens is 268 g/mol. The Labute approximate surface area is 113 Å². The van der Waals surface area contributed by atoms with Gasteiger partial charge in [0.05, 0.1) is 12.8 Å². The molecule has 7 nitrogen and oxygen atoms in total. The number of nitrogens with zero attached hydrogens (tertiary/aromatic N) is 4. The monoisotopic (exact) mass is 286 g/mol. The second kappa shape index (κ2) is 5.30. The minimum absolute atomic E-state index is 0.153. The summed E-state index contributed by atoms with van der Waals surface area (Å²) in [6.45, 7) is 0.870. The maximum Gasteiger partial charge on any atom is 0.218 e. The summed E-state index contributed by atoms with van der Waals surface area (Å²) < 4.78 is 30.0. The smallest absolute Gasteiger partial charge is 0.218 e. The van der Waals surface area contributed by atoms with Crippen LogP contribution in [0.1, 0.15) is 6.42 Å². The first-order chi connectivity index (χ1) is 8.86. The molecule has 0 radical (unpaired) electrons. The molecule has 0 amide bonds. The molecule has 1 saturated heterocycles. The van der Waals surface area contributed by atoms with Crippen molar-refractivity contribution in [3.8, 4) is 5.88 Å². The second-order valence-corrected chi connectivity index (χ2v) is 6.74. The number of hydrogen-bond donors (Lipinski definition) is 0. The largest absolute Gasteiger partial charge is 0.473 e. The van der Waals surface area contributed by atoms with Crippen molar-refractivity contribution in [2.75, 3.05) is 38.3 Å². The molecular formula is C11H18N4O3S. The summed E-state index contributed by atoms with van der Waals surface area (Å²) in [5, 5.41) is 0. The maximum atomic E-state index is 11.4. The van der Waals surface area contributed by atoms with E-state index in [4.69, 9.17) is 4.74 Å². The summed E-state index contributed by atoms with van der Waals surface area (Å²) in [5.74, 6) is 1.22. The number of sulfonamides is 1. The number of anilines is 1. The Morgan fingerprint density at radius 1 is 1.42 bits per heavy atom. The summed E-state index contributed by atoms with van der Waals surface area (Å²) >= 11 is 0. The molecule has 1 aromatic rings. The quantitative estimate of drug-likeness (QED) is 0.773. The first-order valence-electron chi connectivity index (χ1n) is 5.97. The van der Waals surface area contributed by atoms with Crippen molar-refractivity contribution in [2.24, 2.45) is 0 Å². The first-order valence-corrected chi connectivity index (χ1v) is 7.82. The molecule has 8 heteroatoms. The van der Waals surface area contributed by atoms with Crippen LogP contribution in [0.5, 0.6) is 5.88 Å². The van der Waals surface area contributed by atoms with E-state index in [2.05, 4.69) is 9.97 Å². The molecule has 0 unspecified atom stereocenters. The van der Waals surface area contributed by atoms with Gasteiger partial charge in [-0.2, -0.15) is 4.31 Å². The van der Waals surface area contributed by atoms with Crippen LogP contribution in [0.3, 0.4) is 0 Å². The van der Waals surface area contributed by atoms with Gasteiger partial charge in [0.25, 0.3) is 0 Å². The molecule has 19 heavy (non-hydrogen) atoms. The maximum absolute atomic E-state index is 11.4. The van der Waals surface area contributed by atoms with Gasteiger partial charge >= 0.3 is 0 Å². The van der Waals surface area contributed by atoms with Gasteiger partial charge in [0.1, 0.15) is 18.2 Å². The lowest BCUT2D eigenvalue weighted by Crippen LogP contribution is -2.30. The lowest BCUT2D eigenvalue weighted by atomic mass is 10.3. The van der Waals surface area contributed by atoms with Crippen LogP contribution >= 0.6 is 0 Å². The fourth-order valence-electron chi connectivity index (χ4n) is 1.90. The van der Waals surface area contributed by atoms with Gasteiger partial charge in [-0.3, -0.25) is 0 Å². The van der Waals surface area contributed by atoms with Crippen LogP contribution in [0.4, 0.5) is 5.82 Å². The van der Waals surface area contributed by atoms with Crippen molar-refractivity contribution in [3.63, 3.8) is 0 Å². The third kappa shape index (κ3) is 3.54. The fourth-order valence-corrected chi connectivity index (χ4v) is 2.78. The topological polar surface area (TPSA) is 75.6 Å². The molecule has 1 atom stereocenters. The summed E-state index contributed by atoms with van der Waals surface area (Å²) in [4.78, 5) is 9.99. The molecule has 0 N–H and O–H groups in total. The highest BCUT2D eigenvalue weighted by molar-refractivity contribution is 7.88. The van der Waals surface area contributed by atoms with E-state index in [1.54, 1.807) is 6.07 Å². The van der Waals surface area contributed by atoms with Gasteiger partial charge in [-0.25, -0.2) is 18.4 Å². The molecule has 2 rings (SSSR count). The van der Waals surface area contributed by atoms with Crippen LogP contribution in [-0.2, 0) is 10.0 Å². The summed E-state index contributed by atoms with van der Waals surface area (Å²) in [6.07, 6.45) is 3.17. The van der Waals surface area contributed by atoms with Crippen LogP contribution in [0.15, 0.2) is 12.4 Å². The molecule has 0 saturated carbocycles. The summed E-state index contributed by atoms with van der Waals surface area (Å²) in [6, 6.07) is 1.74. The third-order valence-corrected chi connectivity index (χ3v) is 4.22. The Bertz CT molecular complexity index is 547. The van der Waals surface area contributed by atoms with E-state index in [0.29, 0.717) is 25.4 Å². The average Bonchev–Trinajstić information content (AvgIpc) is 2.77. The zero-order chi connectivity index (χ0) is 14.0. The molecule has 2 heterocycles. The number of rotatable bonds is 4. The van der Waals surface area contributed by atoms with Gasteiger partial charge in [0.15, 0.2) is 0 Å². The van der Waals surface area contributed by atoms with Gasteiger partial charge < -0.3 is 9.64 Å². The van der Waals surface area contributed by atoms with E-state index in [1.165, 1.54) is 16.9 Å². The molecule has 0 aliphatic carbocycles. The van der Waals surface area contributed by atoms with Crippen LogP contribution in [-0.4, -0.2) is 62.2 Å². The Kier molecular flexibility index (Phi) is 3.91. The van der Waals surface area contributed by atoms with Crippen molar-refractivity contribution in [2.45, 2.75) is 12.5 Å². The second-order valence-electron chi connectivity index (χ2n) is 4.76. The van der Waals surface area contributed by atoms with Gasteiger partial charge in [-0.05, 0) is 6.42 Å². The number of hydrogen-bond acceptors (Lipinski definition) is 6. The van der Waals surface area contributed by atoms with Crippen molar-refractivity contribution in [1.82, 2.24) is 14.3 Å². The molecule has 0 bridgehead atoms. The van der Waals surface area contributed by atoms with Crippen LogP contribution in [0.25, 0.3) is 0 Å². The fraction of sp³-hybridized carbons (Fsp3) is 0.636. The van der Waals surface area contributed by atoms with E-state index >= 15 is 0 Å². The molecule has 0 spiro atoms. The zero-order valence-corrected chi connectivity index (χ0v) is 12.1. The predicted octanol–water partition coefficient (Wildman–Crippen LogP) is -0.0447. The lowest BCUT2D eigenvalue weighted by Gasteiger charge is -2.16. The molecule has 0 aromatic carbocycles. The van der Waals surface area contributed by atoms with Gasteiger partial charge in [-0.15, -0.1) is 0 Å². The third-order valence-electron chi connectivity index (χ3n) is 2.95. The van der Waals surface area contributed by atoms with Crippen molar-refractivity contribution >= 4 is 15.8 Å². The summed E-state index contributed by atoms with van der Waals surface area (Å²) in [5.41, 5.74) is 0. The van der Waals surface area contributed by atoms with E-state index in [-0.39, 0.29) is 6.10 Å². The highest BCUT2D eigenvalue weighted by Crippen LogP contribution is 2.20. The van der Waals surface area contributed by atoms with Gasteiger partial charge in [0.2, 0.25) is 15.9 Å². The van der Waals surface area contributed by atoms with Crippen molar-refractivity contribution in [3.05, 3.63) is 12.4 Å². The molecule has 1 aliphatic rings. The Balaban J connectivity index is 2.01. The number of aromatic nitrogens is 2. The van der Waals surface area contributed by atoms with E-state index < -0.39 is 10.0 Å². The van der Waals surface area contributed by atoms with E-state index in [1.807, 2.05) is 19.0 Å². The first kappa shape index (κ1) is 14.0. The predicted molar refractivity (Wildman–Crippen MR) is 71.8 cm³/mol. The Hall–Kier alpha value is -1.41. The van der Waals surface area contributed by atoms with Gasteiger partial charge in [-0.1, -0.05) is 0 Å². The van der Waals surface area contributed by atoms with Crippen LogP contribution in [0.2, 0.25) is 0 Å². The average molecular weight is 286 g/mol. The van der Waals surface area contributed by atoms with Gasteiger partial charge in [0, 0.05) is 26.7 Å². The molecule has 1 aromatic heterocycles. The molecule has 106 valence electrons.